The van der Waals surface area contributed by atoms with E-state index in [9.17, 15) is 24.9 Å². The van der Waals surface area contributed by atoms with Crippen molar-refractivity contribution in [1.82, 2.24) is 5.32 Å². The van der Waals surface area contributed by atoms with Crippen LogP contribution in [-0.4, -0.2) is 69.2 Å². The maximum Gasteiger partial charge on any atom is 0.220 e. The third-order valence-electron chi connectivity index (χ3n) is 3.04. The van der Waals surface area contributed by atoms with Crippen LogP contribution in [0, 0.1) is 0 Å². The predicted octanol–water partition coefficient (Wildman–Crippen LogP) is -2.29. The summed E-state index contributed by atoms with van der Waals surface area (Å²) >= 11 is 0. The number of hydrogen-bond acceptors (Lipinski definition) is 8. The zero-order valence-electron chi connectivity index (χ0n) is 11.0. The number of nitrogens with zero attached hydrogens (tertiary/aromatic N) is 2. The van der Waals surface area contributed by atoms with Crippen molar-refractivity contribution < 1.29 is 30.0 Å². The van der Waals surface area contributed by atoms with E-state index in [1.54, 1.807) is 6.92 Å². The van der Waals surface area contributed by atoms with Gasteiger partial charge in [-0.2, -0.15) is 10.2 Å². The van der Waals surface area contributed by atoms with Crippen LogP contribution in [0.2, 0.25) is 0 Å². The van der Waals surface area contributed by atoms with Gasteiger partial charge in [0.05, 0.1) is 6.61 Å². The summed E-state index contributed by atoms with van der Waals surface area (Å²) in [4.78, 5) is 22.4. The smallest absolute Gasteiger partial charge is 0.220 e. The minimum atomic E-state index is -1.75. The number of carbonyl (C=O) groups is 2. The molecular formula is C11H19N3O6. The summed E-state index contributed by atoms with van der Waals surface area (Å²) in [7, 11) is 0. The second-order valence-electron chi connectivity index (χ2n) is 4.88. The number of carbonyl (C=O) groups excluding carboxylic acids is 2. The van der Waals surface area contributed by atoms with Crippen LogP contribution in [0.5, 0.6) is 0 Å². The van der Waals surface area contributed by atoms with Crippen molar-refractivity contribution in [2.45, 2.75) is 49.8 Å². The van der Waals surface area contributed by atoms with Gasteiger partial charge in [0, 0.05) is 12.8 Å². The molecule has 0 aromatic heterocycles. The van der Waals surface area contributed by atoms with Gasteiger partial charge in [0.15, 0.2) is 5.66 Å². The second-order valence-corrected chi connectivity index (χ2v) is 4.88. The Bertz CT molecular complexity index is 382. The molecule has 0 saturated heterocycles. The number of hydrogen-bond donors (Lipinski definition) is 5. The van der Waals surface area contributed by atoms with Crippen molar-refractivity contribution in [1.29, 1.82) is 0 Å². The van der Waals surface area contributed by atoms with Crippen molar-refractivity contribution in [3.8, 4) is 0 Å². The molecule has 0 aliphatic carbocycles. The Morgan fingerprint density at radius 1 is 1.30 bits per heavy atom. The van der Waals surface area contributed by atoms with E-state index >= 15 is 0 Å². The van der Waals surface area contributed by atoms with E-state index in [-0.39, 0.29) is 12.7 Å². The highest BCUT2D eigenvalue weighted by Gasteiger charge is 2.35. The molecule has 0 fully saturated rings. The Labute approximate surface area is 115 Å². The average molecular weight is 289 g/mol. The molecule has 1 amide bonds. The van der Waals surface area contributed by atoms with E-state index in [2.05, 4.69) is 15.5 Å². The van der Waals surface area contributed by atoms with Gasteiger partial charge in [-0.1, -0.05) is 0 Å². The topological polar surface area (TPSA) is 152 Å². The lowest BCUT2D eigenvalue weighted by Gasteiger charge is -2.26. The third kappa shape index (κ3) is 4.60. The highest BCUT2D eigenvalue weighted by atomic mass is 16.4. The molecule has 0 aromatic rings. The van der Waals surface area contributed by atoms with E-state index in [0.29, 0.717) is 6.42 Å². The van der Waals surface area contributed by atoms with Crippen molar-refractivity contribution in [3.63, 3.8) is 0 Å². The summed E-state index contributed by atoms with van der Waals surface area (Å²) in [5, 5.41) is 46.7. The molecule has 5 N–H and O–H groups in total. The summed E-state index contributed by atoms with van der Waals surface area (Å²) in [6.45, 7) is 0.965. The van der Waals surface area contributed by atoms with Crippen LogP contribution in [-0.2, 0) is 9.59 Å². The van der Waals surface area contributed by atoms with E-state index in [1.165, 1.54) is 0 Å². The molecule has 1 aliphatic rings. The summed E-state index contributed by atoms with van der Waals surface area (Å²) in [6.07, 6.45) is -4.39. The van der Waals surface area contributed by atoms with Crippen LogP contribution in [0.25, 0.3) is 0 Å². The van der Waals surface area contributed by atoms with Gasteiger partial charge in [0.1, 0.15) is 30.6 Å². The first kappa shape index (κ1) is 16.6. The molecule has 1 rings (SSSR count). The van der Waals surface area contributed by atoms with Crippen LogP contribution in [0.3, 0.4) is 0 Å². The lowest BCUT2D eigenvalue weighted by atomic mass is 10.0. The number of rotatable bonds is 9. The van der Waals surface area contributed by atoms with Gasteiger partial charge in [-0.05, 0) is 6.92 Å². The van der Waals surface area contributed by atoms with E-state index in [1.807, 2.05) is 0 Å². The van der Waals surface area contributed by atoms with Crippen LogP contribution < -0.4 is 5.32 Å². The monoisotopic (exact) mass is 289 g/mol. The van der Waals surface area contributed by atoms with Gasteiger partial charge in [0.2, 0.25) is 5.91 Å². The first-order valence-corrected chi connectivity index (χ1v) is 6.17. The molecule has 0 aromatic carbocycles. The molecule has 0 spiro atoms. The van der Waals surface area contributed by atoms with Crippen molar-refractivity contribution in [2.24, 2.45) is 10.2 Å². The lowest BCUT2D eigenvalue weighted by molar-refractivity contribution is -0.131. The van der Waals surface area contributed by atoms with Gasteiger partial charge in [-0.15, -0.1) is 0 Å². The molecule has 9 nitrogen and oxygen atoms in total. The quantitative estimate of drug-likeness (QED) is 0.301. The third-order valence-corrected chi connectivity index (χ3v) is 3.04. The fourth-order valence-electron chi connectivity index (χ4n) is 1.54. The Morgan fingerprint density at radius 2 is 1.90 bits per heavy atom. The minimum absolute atomic E-state index is 0.0548. The van der Waals surface area contributed by atoms with Crippen LogP contribution >= 0.6 is 0 Å². The van der Waals surface area contributed by atoms with Crippen LogP contribution in [0.1, 0.15) is 19.8 Å². The van der Waals surface area contributed by atoms with E-state index < -0.39 is 42.5 Å². The standard InChI is InChI=1S/C11H19N3O6/c1-11(13-14-11)3-2-8(18)12-6(4-15)9(19)10(20)7(17)5-16/h4,6-7,9-10,16-17,19-20H,2-3,5H2,1H3,(H,12,18). The highest BCUT2D eigenvalue weighted by molar-refractivity contribution is 5.80. The number of nitrogens with one attached hydrogen (secondary N) is 1. The molecule has 4 unspecified atom stereocenters. The first-order chi connectivity index (χ1) is 9.33. The maximum atomic E-state index is 11.6. The maximum absolute atomic E-state index is 11.6. The summed E-state index contributed by atoms with van der Waals surface area (Å²) in [6, 6.07) is -1.38. The molecule has 0 bridgehead atoms. The molecule has 0 saturated carbocycles. The molecule has 4 atom stereocenters. The molecular weight excluding hydrogens is 270 g/mol. The van der Waals surface area contributed by atoms with Crippen LogP contribution in [0.4, 0.5) is 0 Å². The Balaban J connectivity index is 2.44. The number of aldehydes is 1. The molecule has 20 heavy (non-hydrogen) atoms. The molecule has 1 aliphatic heterocycles. The van der Waals surface area contributed by atoms with Gasteiger partial charge in [-0.25, -0.2) is 0 Å². The summed E-state index contributed by atoms with van der Waals surface area (Å²) in [5.74, 6) is -0.509. The summed E-state index contributed by atoms with van der Waals surface area (Å²) in [5.41, 5.74) is -0.542. The van der Waals surface area contributed by atoms with Crippen LogP contribution in [0.15, 0.2) is 10.2 Å². The van der Waals surface area contributed by atoms with Crippen molar-refractivity contribution >= 4 is 12.2 Å². The van der Waals surface area contributed by atoms with Crippen molar-refractivity contribution in [3.05, 3.63) is 0 Å². The van der Waals surface area contributed by atoms with E-state index in [0.717, 1.165) is 0 Å². The van der Waals surface area contributed by atoms with E-state index in [4.69, 9.17) is 5.11 Å². The lowest BCUT2D eigenvalue weighted by Crippen LogP contribution is -2.53. The SMILES string of the molecule is CC1(CCC(=O)NC(C=O)C(O)C(O)C(O)CO)N=N1. The van der Waals surface area contributed by atoms with Gasteiger partial charge < -0.3 is 30.5 Å². The number of aliphatic hydroxyl groups is 4. The van der Waals surface area contributed by atoms with Gasteiger partial charge in [0.25, 0.3) is 0 Å². The Kier molecular flexibility index (Phi) is 5.69. The van der Waals surface area contributed by atoms with Crippen molar-refractivity contribution in [2.75, 3.05) is 6.61 Å². The van der Waals surface area contributed by atoms with Gasteiger partial charge >= 0.3 is 0 Å². The predicted molar refractivity (Wildman–Crippen MR) is 65.6 cm³/mol. The average Bonchev–Trinajstić information content (AvgIpc) is 3.18. The zero-order chi connectivity index (χ0) is 15.3. The minimum Gasteiger partial charge on any atom is -0.394 e. The molecule has 1 heterocycles. The molecule has 0 radical (unpaired) electrons. The molecule has 9 heteroatoms. The zero-order valence-corrected chi connectivity index (χ0v) is 11.0. The highest BCUT2D eigenvalue weighted by Crippen LogP contribution is 2.31. The number of amides is 1. The fourth-order valence-corrected chi connectivity index (χ4v) is 1.54. The largest absolute Gasteiger partial charge is 0.394 e. The first-order valence-electron chi connectivity index (χ1n) is 6.17. The Hall–Kier alpha value is -1.42. The fraction of sp³-hybridized carbons (Fsp3) is 0.818. The summed E-state index contributed by atoms with van der Waals surface area (Å²) < 4.78 is 0. The number of aliphatic hydroxyl groups excluding tert-OH is 4. The Morgan fingerprint density at radius 3 is 2.35 bits per heavy atom. The van der Waals surface area contributed by atoms with Gasteiger partial charge in [-0.3, -0.25) is 4.79 Å². The second kappa shape index (κ2) is 6.84. The molecule has 114 valence electrons. The normalized spacial score (nSPS) is 21.6.